The first kappa shape index (κ1) is 22.8. The second-order valence-corrected chi connectivity index (χ2v) is 8.96. The van der Waals surface area contributed by atoms with Crippen molar-refractivity contribution in [2.24, 2.45) is 0 Å². The Hall–Kier alpha value is -2.38. The largest absolute Gasteiger partial charge is 0.872 e. The lowest BCUT2D eigenvalue weighted by Crippen LogP contribution is -3.14. The number of carbonyl (C=O) groups excluding carboxylic acids is 2. The molecule has 2 aliphatic rings. The zero-order chi connectivity index (χ0) is 22.8. The summed E-state index contributed by atoms with van der Waals surface area (Å²) in [5.41, 5.74) is 1.80. The summed E-state index contributed by atoms with van der Waals surface area (Å²) >= 11 is 12.5. The number of aryl methyl sites for hydroxylation is 1. The molecule has 4 rings (SSSR count). The molecule has 0 spiro atoms. The minimum atomic E-state index is -0.853. The van der Waals surface area contributed by atoms with E-state index >= 15 is 0 Å². The van der Waals surface area contributed by atoms with Crippen LogP contribution in [-0.4, -0.2) is 56.0 Å². The van der Waals surface area contributed by atoms with Crippen molar-refractivity contribution in [1.29, 1.82) is 0 Å². The van der Waals surface area contributed by atoms with Crippen molar-refractivity contribution in [3.05, 3.63) is 74.8 Å². The number of quaternary nitrogens is 1. The van der Waals surface area contributed by atoms with Crippen LogP contribution in [-0.2, 0) is 14.3 Å². The lowest BCUT2D eigenvalue weighted by atomic mass is 9.95. The molecule has 1 atom stereocenters. The Kier molecular flexibility index (Phi) is 6.86. The predicted octanol–water partition coefficient (Wildman–Crippen LogP) is 1.44. The second-order valence-electron chi connectivity index (χ2n) is 8.12. The number of nitrogens with zero attached hydrogens (tertiary/aromatic N) is 1. The molecule has 0 saturated carbocycles. The Morgan fingerprint density at radius 2 is 1.81 bits per heavy atom. The molecule has 2 fully saturated rings. The average molecular weight is 475 g/mol. The first-order valence-electron chi connectivity index (χ1n) is 10.6. The summed E-state index contributed by atoms with van der Waals surface area (Å²) in [6.07, 6.45) is 0. The molecule has 2 aromatic carbocycles. The number of carbonyl (C=O) groups is 2. The maximum Gasteiger partial charge on any atom is 0.295 e. The quantitative estimate of drug-likeness (QED) is 0.404. The molecule has 2 heterocycles. The third-order valence-electron chi connectivity index (χ3n) is 6.01. The number of amides is 1. The predicted molar refractivity (Wildman–Crippen MR) is 120 cm³/mol. The van der Waals surface area contributed by atoms with Gasteiger partial charge in [-0.1, -0.05) is 64.9 Å². The van der Waals surface area contributed by atoms with Crippen molar-refractivity contribution in [3.63, 3.8) is 0 Å². The van der Waals surface area contributed by atoms with Crippen molar-refractivity contribution in [1.82, 2.24) is 4.90 Å². The standard InChI is InChI=1S/C24H24Cl2N2O4/c1-15-2-4-16(5-3-15)22(29)20-21(18-7-6-17(25)14-19(18)26)28(24(31)23(20)30)9-8-27-10-12-32-13-11-27/h2-7,14,21,29H,8-13H2,1H3. The van der Waals surface area contributed by atoms with Crippen molar-refractivity contribution in [2.75, 3.05) is 39.4 Å². The number of rotatable bonds is 5. The molecule has 2 aliphatic heterocycles. The van der Waals surface area contributed by atoms with Gasteiger partial charge in [-0.05, 0) is 30.2 Å². The number of hydrogen-bond acceptors (Lipinski definition) is 4. The number of morpholine rings is 1. The molecule has 32 heavy (non-hydrogen) atoms. The van der Waals surface area contributed by atoms with E-state index in [1.165, 1.54) is 9.80 Å². The number of hydrogen-bond donors (Lipinski definition) is 1. The SMILES string of the molecule is Cc1ccc(C([O-])=C2C(=O)C(=O)N(CC[NH+]3CCOCC3)C2c2ccc(Cl)cc2Cl)cc1. The van der Waals surface area contributed by atoms with Gasteiger partial charge >= 0.3 is 0 Å². The summed E-state index contributed by atoms with van der Waals surface area (Å²) in [4.78, 5) is 28.9. The molecule has 0 aromatic heterocycles. The van der Waals surface area contributed by atoms with Gasteiger partial charge in [0.1, 0.15) is 13.1 Å². The molecule has 1 N–H and O–H groups in total. The van der Waals surface area contributed by atoms with Gasteiger partial charge in [-0.2, -0.15) is 0 Å². The Labute approximate surface area is 197 Å². The number of Topliss-reactive ketones (excluding diaryl/α,β-unsaturated/α-hetero) is 1. The fourth-order valence-electron chi connectivity index (χ4n) is 4.20. The summed E-state index contributed by atoms with van der Waals surface area (Å²) in [5, 5.41) is 14.1. The van der Waals surface area contributed by atoms with E-state index in [2.05, 4.69) is 0 Å². The Morgan fingerprint density at radius 3 is 2.47 bits per heavy atom. The van der Waals surface area contributed by atoms with Crippen LogP contribution in [0.5, 0.6) is 0 Å². The molecule has 1 unspecified atom stereocenters. The maximum absolute atomic E-state index is 13.4. The summed E-state index contributed by atoms with van der Waals surface area (Å²) in [7, 11) is 0. The Balaban J connectivity index is 1.76. The third kappa shape index (κ3) is 4.55. The molecule has 0 bridgehead atoms. The fraction of sp³-hybridized carbons (Fsp3) is 0.333. The molecule has 0 aliphatic carbocycles. The zero-order valence-corrected chi connectivity index (χ0v) is 19.2. The van der Waals surface area contributed by atoms with E-state index in [0.717, 1.165) is 18.7 Å². The van der Waals surface area contributed by atoms with Crippen LogP contribution >= 0.6 is 23.2 Å². The molecule has 2 saturated heterocycles. The summed E-state index contributed by atoms with van der Waals surface area (Å²) < 4.78 is 5.40. The first-order chi connectivity index (χ1) is 15.4. The monoisotopic (exact) mass is 474 g/mol. The van der Waals surface area contributed by atoms with E-state index in [1.807, 2.05) is 6.92 Å². The van der Waals surface area contributed by atoms with E-state index in [1.54, 1.807) is 42.5 Å². The summed E-state index contributed by atoms with van der Waals surface area (Å²) in [6, 6.07) is 11.0. The number of benzene rings is 2. The van der Waals surface area contributed by atoms with Gasteiger partial charge < -0.3 is 19.6 Å². The highest BCUT2D eigenvalue weighted by molar-refractivity contribution is 6.47. The van der Waals surface area contributed by atoms with Gasteiger partial charge in [-0.15, -0.1) is 0 Å². The van der Waals surface area contributed by atoms with Crippen molar-refractivity contribution in [2.45, 2.75) is 13.0 Å². The van der Waals surface area contributed by atoms with Gasteiger partial charge in [0.15, 0.2) is 0 Å². The van der Waals surface area contributed by atoms with Crippen molar-refractivity contribution >= 4 is 40.7 Å². The normalized spacial score (nSPS) is 21.3. The van der Waals surface area contributed by atoms with Crippen LogP contribution in [0.25, 0.3) is 5.76 Å². The lowest BCUT2D eigenvalue weighted by Gasteiger charge is -2.30. The van der Waals surface area contributed by atoms with Gasteiger partial charge in [-0.25, -0.2) is 0 Å². The lowest BCUT2D eigenvalue weighted by molar-refractivity contribution is -0.907. The number of likely N-dealkylation sites (tertiary alicyclic amines) is 1. The van der Waals surface area contributed by atoms with Crippen LogP contribution in [0.2, 0.25) is 10.0 Å². The smallest absolute Gasteiger partial charge is 0.295 e. The van der Waals surface area contributed by atoms with Crippen LogP contribution < -0.4 is 10.0 Å². The minimum absolute atomic E-state index is 0.0694. The first-order valence-corrected chi connectivity index (χ1v) is 11.3. The van der Waals surface area contributed by atoms with Crippen LogP contribution in [0.15, 0.2) is 48.0 Å². The van der Waals surface area contributed by atoms with Crippen molar-refractivity contribution < 1.29 is 24.3 Å². The molecule has 168 valence electrons. The number of halogens is 2. The van der Waals surface area contributed by atoms with Gasteiger partial charge in [0.05, 0.1) is 32.3 Å². The third-order valence-corrected chi connectivity index (χ3v) is 6.57. The molecule has 8 heteroatoms. The molecule has 0 radical (unpaired) electrons. The zero-order valence-electron chi connectivity index (χ0n) is 17.7. The molecular weight excluding hydrogens is 451 g/mol. The van der Waals surface area contributed by atoms with E-state index in [0.29, 0.717) is 47.5 Å². The van der Waals surface area contributed by atoms with E-state index < -0.39 is 23.5 Å². The van der Waals surface area contributed by atoms with E-state index in [4.69, 9.17) is 27.9 Å². The number of ketones is 1. The molecule has 6 nitrogen and oxygen atoms in total. The minimum Gasteiger partial charge on any atom is -0.872 e. The highest BCUT2D eigenvalue weighted by Gasteiger charge is 2.45. The summed E-state index contributed by atoms with van der Waals surface area (Å²) in [6.45, 7) is 5.89. The number of ether oxygens (including phenoxy) is 1. The van der Waals surface area contributed by atoms with E-state index in [-0.39, 0.29) is 5.57 Å². The van der Waals surface area contributed by atoms with E-state index in [9.17, 15) is 14.7 Å². The van der Waals surface area contributed by atoms with Gasteiger partial charge in [0.25, 0.3) is 5.91 Å². The maximum atomic E-state index is 13.4. The Bertz CT molecular complexity index is 1060. The molecular formula is C24H24Cl2N2O4. The average Bonchev–Trinajstić information content (AvgIpc) is 3.03. The molecule has 2 aromatic rings. The summed E-state index contributed by atoms with van der Waals surface area (Å²) in [5.74, 6) is -1.91. The molecule has 1 amide bonds. The van der Waals surface area contributed by atoms with Crippen molar-refractivity contribution in [3.8, 4) is 0 Å². The van der Waals surface area contributed by atoms with Gasteiger partial charge in [-0.3, -0.25) is 9.59 Å². The van der Waals surface area contributed by atoms with Gasteiger partial charge in [0.2, 0.25) is 5.78 Å². The van der Waals surface area contributed by atoms with Gasteiger partial charge in [0, 0.05) is 15.6 Å². The van der Waals surface area contributed by atoms with Crippen LogP contribution in [0.1, 0.15) is 22.7 Å². The fourth-order valence-corrected chi connectivity index (χ4v) is 4.71. The highest BCUT2D eigenvalue weighted by Crippen LogP contribution is 2.41. The topological polar surface area (TPSA) is 74.1 Å². The Morgan fingerprint density at radius 1 is 1.12 bits per heavy atom. The van der Waals surface area contributed by atoms with Crippen LogP contribution in [0, 0.1) is 6.92 Å². The second kappa shape index (κ2) is 9.63. The van der Waals surface area contributed by atoms with Crippen LogP contribution in [0.3, 0.4) is 0 Å². The highest BCUT2D eigenvalue weighted by atomic mass is 35.5. The van der Waals surface area contributed by atoms with Crippen LogP contribution in [0.4, 0.5) is 0 Å². The number of nitrogens with one attached hydrogen (secondary N) is 1.